The zero-order valence-electron chi connectivity index (χ0n) is 17.3. The molecule has 0 bridgehead atoms. The Labute approximate surface area is 181 Å². The van der Waals surface area contributed by atoms with Gasteiger partial charge in [0.1, 0.15) is 5.75 Å². The number of amides is 1. The Balaban J connectivity index is 1.32. The summed E-state index contributed by atoms with van der Waals surface area (Å²) in [4.78, 5) is 20.4. The highest BCUT2D eigenvalue weighted by Crippen LogP contribution is 2.35. The highest BCUT2D eigenvalue weighted by molar-refractivity contribution is 7.18. The van der Waals surface area contributed by atoms with E-state index in [-0.39, 0.29) is 11.9 Å². The number of para-hydroxylation sites is 1. The summed E-state index contributed by atoms with van der Waals surface area (Å²) < 4.78 is 6.81. The van der Waals surface area contributed by atoms with Crippen molar-refractivity contribution in [3.8, 4) is 5.75 Å². The number of hydrogen-bond donors (Lipinski definition) is 1. The lowest BCUT2D eigenvalue weighted by Crippen LogP contribution is -2.32. The van der Waals surface area contributed by atoms with Crippen molar-refractivity contribution in [1.29, 1.82) is 0 Å². The molecular formula is C24H27N3O2S. The zero-order valence-corrected chi connectivity index (χ0v) is 18.1. The maximum Gasteiger partial charge on any atom is 0.251 e. The Bertz CT molecular complexity index is 1060. The molecule has 3 aromatic rings. The SMILES string of the molecule is CCN1CCC(c2nc3ccc(C(=O)N[C@H]4CCOc5ccccc54)cc3s2)CC1. The summed E-state index contributed by atoms with van der Waals surface area (Å²) in [7, 11) is 0. The summed E-state index contributed by atoms with van der Waals surface area (Å²) in [5.74, 6) is 1.37. The molecule has 5 nitrogen and oxygen atoms in total. The number of nitrogens with one attached hydrogen (secondary N) is 1. The Morgan fingerprint density at radius 3 is 2.87 bits per heavy atom. The van der Waals surface area contributed by atoms with Crippen molar-refractivity contribution in [2.75, 3.05) is 26.2 Å². The number of nitrogens with zero attached hydrogens (tertiary/aromatic N) is 2. The van der Waals surface area contributed by atoms with Crippen molar-refractivity contribution in [2.45, 2.75) is 38.1 Å². The minimum absolute atomic E-state index is 0.0149. The number of benzene rings is 2. The van der Waals surface area contributed by atoms with Crippen molar-refractivity contribution in [3.05, 3.63) is 58.6 Å². The van der Waals surface area contributed by atoms with Crippen molar-refractivity contribution in [1.82, 2.24) is 15.2 Å². The van der Waals surface area contributed by atoms with E-state index in [0.717, 1.165) is 47.6 Å². The van der Waals surface area contributed by atoms with E-state index in [1.807, 2.05) is 42.5 Å². The van der Waals surface area contributed by atoms with Gasteiger partial charge in [-0.1, -0.05) is 25.1 Å². The first-order valence-corrected chi connectivity index (χ1v) is 11.7. The quantitative estimate of drug-likeness (QED) is 0.661. The third-order valence-electron chi connectivity index (χ3n) is 6.32. The Morgan fingerprint density at radius 2 is 2.03 bits per heavy atom. The second-order valence-corrected chi connectivity index (χ2v) is 9.21. The van der Waals surface area contributed by atoms with Gasteiger partial charge in [0, 0.05) is 23.5 Å². The predicted octanol–water partition coefficient (Wildman–Crippen LogP) is 4.75. The minimum Gasteiger partial charge on any atom is -0.493 e. The molecule has 2 aliphatic rings. The van der Waals surface area contributed by atoms with Crippen LogP contribution in [0.2, 0.25) is 0 Å². The van der Waals surface area contributed by atoms with Crippen LogP contribution in [0.15, 0.2) is 42.5 Å². The first kappa shape index (κ1) is 19.5. The lowest BCUT2D eigenvalue weighted by Gasteiger charge is -2.29. The van der Waals surface area contributed by atoms with Crippen LogP contribution in [0.4, 0.5) is 0 Å². The summed E-state index contributed by atoms with van der Waals surface area (Å²) >= 11 is 1.75. The average molecular weight is 422 g/mol. The standard InChI is InChI=1S/C24H27N3O2S/c1-2-27-12-9-16(10-13-27)24-26-20-8-7-17(15-22(20)30-24)23(28)25-19-11-14-29-21-6-4-3-5-18(19)21/h3-8,15-16,19H,2,9-14H2,1H3,(H,25,28)/t19-/m0/s1. The van der Waals surface area contributed by atoms with Gasteiger partial charge in [0.25, 0.3) is 5.91 Å². The van der Waals surface area contributed by atoms with Gasteiger partial charge in [-0.25, -0.2) is 4.98 Å². The van der Waals surface area contributed by atoms with Crippen molar-refractivity contribution in [2.24, 2.45) is 0 Å². The van der Waals surface area contributed by atoms with Crippen LogP contribution in [-0.4, -0.2) is 42.0 Å². The summed E-state index contributed by atoms with van der Waals surface area (Å²) in [6.45, 7) is 6.27. The van der Waals surface area contributed by atoms with Crippen LogP contribution in [0, 0.1) is 0 Å². The lowest BCUT2D eigenvalue weighted by molar-refractivity contribution is 0.0925. The lowest BCUT2D eigenvalue weighted by atomic mass is 9.98. The molecule has 3 heterocycles. The molecule has 1 N–H and O–H groups in total. The fourth-order valence-electron chi connectivity index (χ4n) is 4.49. The summed E-state index contributed by atoms with van der Waals surface area (Å²) in [6.07, 6.45) is 3.13. The molecule has 0 saturated carbocycles. The Morgan fingerprint density at radius 1 is 1.20 bits per heavy atom. The molecule has 1 fully saturated rings. The van der Waals surface area contributed by atoms with Gasteiger partial charge in [-0.15, -0.1) is 11.3 Å². The van der Waals surface area contributed by atoms with Crippen molar-refractivity contribution < 1.29 is 9.53 Å². The van der Waals surface area contributed by atoms with E-state index in [2.05, 4.69) is 17.1 Å². The number of hydrogen-bond acceptors (Lipinski definition) is 5. The molecule has 1 saturated heterocycles. The normalized spacial score (nSPS) is 20.0. The molecule has 1 atom stereocenters. The van der Waals surface area contributed by atoms with Gasteiger partial charge in [-0.3, -0.25) is 4.79 Å². The zero-order chi connectivity index (χ0) is 20.5. The fourth-order valence-corrected chi connectivity index (χ4v) is 5.66. The molecule has 2 aliphatic heterocycles. The topological polar surface area (TPSA) is 54.5 Å². The van der Waals surface area contributed by atoms with Crippen LogP contribution in [0.5, 0.6) is 5.75 Å². The van der Waals surface area contributed by atoms with Gasteiger partial charge in [0.2, 0.25) is 0 Å². The number of ether oxygens (including phenoxy) is 1. The van der Waals surface area contributed by atoms with Gasteiger partial charge in [0.05, 0.1) is 27.9 Å². The molecule has 5 rings (SSSR count). The molecule has 1 amide bonds. The number of likely N-dealkylation sites (tertiary alicyclic amines) is 1. The number of rotatable bonds is 4. The van der Waals surface area contributed by atoms with Gasteiger partial charge >= 0.3 is 0 Å². The highest BCUT2D eigenvalue weighted by Gasteiger charge is 2.25. The molecule has 0 aliphatic carbocycles. The number of thiazole rings is 1. The summed E-state index contributed by atoms with van der Waals surface area (Å²) in [5.41, 5.74) is 2.75. The first-order valence-electron chi connectivity index (χ1n) is 10.9. The van der Waals surface area contributed by atoms with Crippen LogP contribution in [0.3, 0.4) is 0 Å². The van der Waals surface area contributed by atoms with E-state index in [1.54, 1.807) is 11.3 Å². The number of carbonyl (C=O) groups is 1. The summed E-state index contributed by atoms with van der Waals surface area (Å²) in [5, 5.41) is 4.42. The molecule has 2 aromatic carbocycles. The third-order valence-corrected chi connectivity index (χ3v) is 7.50. The smallest absolute Gasteiger partial charge is 0.251 e. The number of fused-ring (bicyclic) bond motifs is 2. The predicted molar refractivity (Wildman–Crippen MR) is 120 cm³/mol. The summed E-state index contributed by atoms with van der Waals surface area (Å²) in [6, 6.07) is 13.8. The largest absolute Gasteiger partial charge is 0.493 e. The van der Waals surface area contributed by atoms with Crippen LogP contribution in [0.1, 0.15) is 59.1 Å². The fraction of sp³-hybridized carbons (Fsp3) is 0.417. The van der Waals surface area contributed by atoms with Gasteiger partial charge in [-0.05, 0) is 56.7 Å². The number of carbonyl (C=O) groups excluding carboxylic acids is 1. The second-order valence-electron chi connectivity index (χ2n) is 8.14. The van der Waals surface area contributed by atoms with Crippen molar-refractivity contribution >= 4 is 27.5 Å². The molecule has 30 heavy (non-hydrogen) atoms. The van der Waals surface area contributed by atoms with Gasteiger partial charge in [0.15, 0.2) is 0 Å². The van der Waals surface area contributed by atoms with Crippen LogP contribution < -0.4 is 10.1 Å². The van der Waals surface area contributed by atoms with Gasteiger partial charge in [-0.2, -0.15) is 0 Å². The van der Waals surface area contributed by atoms with E-state index in [1.165, 1.54) is 17.8 Å². The molecule has 0 radical (unpaired) electrons. The van der Waals surface area contributed by atoms with Crippen LogP contribution >= 0.6 is 11.3 Å². The van der Waals surface area contributed by atoms with E-state index in [0.29, 0.717) is 18.1 Å². The van der Waals surface area contributed by atoms with E-state index in [9.17, 15) is 4.79 Å². The monoisotopic (exact) mass is 421 g/mol. The molecular weight excluding hydrogens is 394 g/mol. The number of aromatic nitrogens is 1. The number of piperidine rings is 1. The maximum absolute atomic E-state index is 13.0. The Kier molecular flexibility index (Phi) is 5.44. The Hall–Kier alpha value is -2.44. The molecule has 0 unspecified atom stereocenters. The molecule has 6 heteroatoms. The molecule has 0 spiro atoms. The van der Waals surface area contributed by atoms with E-state index < -0.39 is 0 Å². The first-order chi connectivity index (χ1) is 14.7. The highest BCUT2D eigenvalue weighted by atomic mass is 32.1. The second kappa shape index (κ2) is 8.36. The molecule has 1 aromatic heterocycles. The third kappa shape index (κ3) is 3.82. The van der Waals surface area contributed by atoms with Gasteiger partial charge < -0.3 is 15.0 Å². The van der Waals surface area contributed by atoms with E-state index in [4.69, 9.17) is 9.72 Å². The minimum atomic E-state index is -0.0372. The van der Waals surface area contributed by atoms with Crippen LogP contribution in [0.25, 0.3) is 10.2 Å². The average Bonchev–Trinajstić information content (AvgIpc) is 3.23. The van der Waals surface area contributed by atoms with E-state index >= 15 is 0 Å². The van der Waals surface area contributed by atoms with Crippen molar-refractivity contribution in [3.63, 3.8) is 0 Å². The maximum atomic E-state index is 13.0. The molecule has 156 valence electrons. The van der Waals surface area contributed by atoms with Crippen LogP contribution in [-0.2, 0) is 0 Å².